The van der Waals surface area contributed by atoms with Gasteiger partial charge in [0.2, 0.25) is 0 Å². The summed E-state index contributed by atoms with van der Waals surface area (Å²) in [7, 11) is 0. The van der Waals surface area contributed by atoms with Crippen LogP contribution in [0.15, 0.2) is 59.6 Å². The van der Waals surface area contributed by atoms with Crippen LogP contribution < -0.4 is 15.5 Å². The van der Waals surface area contributed by atoms with Gasteiger partial charge in [0.25, 0.3) is 0 Å². The number of hydrogen-bond acceptors (Lipinski definition) is 6. The molecule has 1 aliphatic heterocycles. The molecule has 11 heteroatoms. The number of alkyl halides is 3. The van der Waals surface area contributed by atoms with Crippen molar-refractivity contribution in [2.45, 2.75) is 11.1 Å². The highest BCUT2D eigenvalue weighted by Gasteiger charge is 2.30. The molecule has 172 valence electrons. The summed E-state index contributed by atoms with van der Waals surface area (Å²) in [6.45, 7) is 2.67. The lowest BCUT2D eigenvalue weighted by Gasteiger charge is -2.28. The zero-order valence-corrected chi connectivity index (χ0v) is 18.2. The van der Waals surface area contributed by atoms with Crippen LogP contribution in [0.25, 0.3) is 11.4 Å². The molecular weight excluding hydrogens is 455 g/mol. The minimum Gasteiger partial charge on any atom is -0.378 e. The van der Waals surface area contributed by atoms with Crippen LogP contribution in [-0.4, -0.2) is 42.3 Å². The number of amides is 2. The number of urea groups is 1. The Balaban J connectivity index is 1.43. The molecule has 0 bridgehead atoms. The highest BCUT2D eigenvalue weighted by atomic mass is 32.1. The third kappa shape index (κ3) is 5.74. The summed E-state index contributed by atoms with van der Waals surface area (Å²) in [5.74, 6) is 1.24. The largest absolute Gasteiger partial charge is 0.416 e. The summed E-state index contributed by atoms with van der Waals surface area (Å²) in [4.78, 5) is 23.9. The quantitative estimate of drug-likeness (QED) is 0.467. The normalized spacial score (nSPS) is 14.1. The molecule has 1 aromatic heterocycles. The Bertz CT molecular complexity index is 1140. The fourth-order valence-electron chi connectivity index (χ4n) is 3.28. The first-order valence-corrected chi connectivity index (χ1v) is 10.5. The van der Waals surface area contributed by atoms with Crippen molar-refractivity contribution in [3.8, 4) is 11.4 Å². The van der Waals surface area contributed by atoms with Gasteiger partial charge in [-0.05, 0) is 42.5 Å². The fourth-order valence-corrected chi connectivity index (χ4v) is 3.53. The van der Waals surface area contributed by atoms with Crippen LogP contribution in [0.5, 0.6) is 0 Å². The molecule has 0 aliphatic carbocycles. The number of aromatic nitrogens is 2. The number of benzene rings is 2. The number of thiol groups is 1. The number of rotatable bonds is 4. The predicted octanol–water partition coefficient (Wildman–Crippen LogP) is 4.93. The summed E-state index contributed by atoms with van der Waals surface area (Å²) in [5, 5.41) is 4.99. The van der Waals surface area contributed by atoms with Crippen LogP contribution in [0.1, 0.15) is 5.56 Å². The third-order valence-corrected chi connectivity index (χ3v) is 5.22. The number of hydrogen-bond donors (Lipinski definition) is 3. The maximum Gasteiger partial charge on any atom is 0.416 e. The molecule has 7 nitrogen and oxygen atoms in total. The van der Waals surface area contributed by atoms with Gasteiger partial charge in [-0.2, -0.15) is 13.2 Å². The molecule has 4 rings (SSSR count). The molecule has 1 saturated heterocycles. The molecule has 1 fully saturated rings. The summed E-state index contributed by atoms with van der Waals surface area (Å²) in [6, 6.07) is 10.6. The Morgan fingerprint density at radius 3 is 2.42 bits per heavy atom. The Morgan fingerprint density at radius 2 is 1.73 bits per heavy atom. The molecule has 1 aliphatic rings. The summed E-state index contributed by atoms with van der Waals surface area (Å²) in [5.41, 5.74) is 0.396. The van der Waals surface area contributed by atoms with Gasteiger partial charge in [-0.25, -0.2) is 14.8 Å². The number of carbonyl (C=O) groups is 1. The van der Waals surface area contributed by atoms with Crippen LogP contribution in [0.2, 0.25) is 0 Å². The van der Waals surface area contributed by atoms with Crippen LogP contribution in [-0.2, 0) is 10.9 Å². The highest BCUT2D eigenvalue weighted by Crippen LogP contribution is 2.31. The van der Waals surface area contributed by atoms with Crippen molar-refractivity contribution >= 4 is 35.9 Å². The summed E-state index contributed by atoms with van der Waals surface area (Å²) >= 11 is 4.46. The van der Waals surface area contributed by atoms with Gasteiger partial charge in [-0.3, -0.25) is 0 Å². The van der Waals surface area contributed by atoms with Crippen molar-refractivity contribution in [1.82, 2.24) is 9.97 Å². The Hall–Kier alpha value is -3.31. The lowest BCUT2D eigenvalue weighted by Crippen LogP contribution is -2.37. The van der Waals surface area contributed by atoms with Crippen LogP contribution in [0.3, 0.4) is 0 Å². The summed E-state index contributed by atoms with van der Waals surface area (Å²) in [6.07, 6.45) is -2.84. The lowest BCUT2D eigenvalue weighted by atomic mass is 10.2. The maximum atomic E-state index is 12.8. The van der Waals surface area contributed by atoms with Gasteiger partial charge in [-0.1, -0.05) is 6.07 Å². The number of halogens is 3. The Labute approximate surface area is 193 Å². The standard InChI is InChI=1S/C22H20F3N5O2S/c23-22(24,25)15-2-1-3-17(12-15)28-21(31)27-16-6-4-14(5-7-16)19-26-13-18(33)20(29-19)30-8-10-32-11-9-30/h1-7,12-13,33H,8-11H2,(H2,27,28,31). The van der Waals surface area contributed by atoms with E-state index in [0.29, 0.717) is 42.7 Å². The number of nitrogens with zero attached hydrogens (tertiary/aromatic N) is 3. The number of carbonyl (C=O) groups excluding carboxylic acids is 1. The van der Waals surface area contributed by atoms with Gasteiger partial charge in [0.15, 0.2) is 5.82 Å². The monoisotopic (exact) mass is 475 g/mol. The van der Waals surface area contributed by atoms with Gasteiger partial charge >= 0.3 is 12.2 Å². The minimum atomic E-state index is -4.49. The van der Waals surface area contributed by atoms with E-state index in [2.05, 4.69) is 38.1 Å². The van der Waals surface area contributed by atoms with Crippen LogP contribution in [0.4, 0.5) is 35.2 Å². The molecule has 0 radical (unpaired) electrons. The highest BCUT2D eigenvalue weighted by molar-refractivity contribution is 7.80. The van der Waals surface area contributed by atoms with E-state index < -0.39 is 17.8 Å². The summed E-state index contributed by atoms with van der Waals surface area (Å²) < 4.78 is 43.9. The van der Waals surface area contributed by atoms with Crippen molar-refractivity contribution < 1.29 is 22.7 Å². The van der Waals surface area contributed by atoms with Crippen molar-refractivity contribution in [2.75, 3.05) is 41.8 Å². The van der Waals surface area contributed by atoms with Gasteiger partial charge in [0, 0.05) is 36.2 Å². The molecule has 2 amide bonds. The van der Waals surface area contributed by atoms with Crippen LogP contribution in [0, 0.1) is 0 Å². The average molecular weight is 475 g/mol. The fraction of sp³-hybridized carbons (Fsp3) is 0.227. The Kier molecular flexibility index (Phi) is 6.70. The number of ether oxygens (including phenoxy) is 1. The number of morpholine rings is 1. The third-order valence-electron chi connectivity index (χ3n) is 4.91. The van der Waals surface area contributed by atoms with E-state index >= 15 is 0 Å². The topological polar surface area (TPSA) is 79.4 Å². The van der Waals surface area contributed by atoms with Gasteiger partial charge in [-0.15, -0.1) is 12.6 Å². The zero-order valence-electron chi connectivity index (χ0n) is 17.3. The average Bonchev–Trinajstić information content (AvgIpc) is 2.80. The minimum absolute atomic E-state index is 0.0369. The zero-order chi connectivity index (χ0) is 23.4. The first-order valence-electron chi connectivity index (χ1n) is 10.0. The second-order valence-corrected chi connectivity index (χ2v) is 7.72. The molecule has 2 aromatic carbocycles. The molecule has 0 atom stereocenters. The van der Waals surface area contributed by atoms with Crippen molar-refractivity contribution in [3.63, 3.8) is 0 Å². The van der Waals surface area contributed by atoms with E-state index in [4.69, 9.17) is 4.74 Å². The molecule has 0 spiro atoms. The predicted molar refractivity (Wildman–Crippen MR) is 122 cm³/mol. The van der Waals surface area contributed by atoms with Crippen molar-refractivity contribution in [3.05, 3.63) is 60.3 Å². The lowest BCUT2D eigenvalue weighted by molar-refractivity contribution is -0.137. The number of nitrogens with one attached hydrogen (secondary N) is 2. The maximum absolute atomic E-state index is 12.8. The number of anilines is 3. The second-order valence-electron chi connectivity index (χ2n) is 7.24. The molecule has 0 saturated carbocycles. The molecule has 2 N–H and O–H groups in total. The molecule has 33 heavy (non-hydrogen) atoms. The second kappa shape index (κ2) is 9.67. The van der Waals surface area contributed by atoms with Crippen LogP contribution >= 0.6 is 12.6 Å². The van der Waals surface area contributed by atoms with E-state index in [9.17, 15) is 18.0 Å². The van der Waals surface area contributed by atoms with Gasteiger partial charge in [0.1, 0.15) is 5.82 Å². The van der Waals surface area contributed by atoms with E-state index in [1.54, 1.807) is 30.5 Å². The first-order chi connectivity index (χ1) is 15.8. The molecular formula is C22H20F3N5O2S. The smallest absolute Gasteiger partial charge is 0.378 e. The van der Waals surface area contributed by atoms with Gasteiger partial charge < -0.3 is 20.3 Å². The Morgan fingerprint density at radius 1 is 1.03 bits per heavy atom. The van der Waals surface area contributed by atoms with E-state index in [1.807, 2.05) is 0 Å². The first kappa shape index (κ1) is 22.9. The van der Waals surface area contributed by atoms with E-state index in [-0.39, 0.29) is 5.69 Å². The molecule has 2 heterocycles. The molecule has 0 unspecified atom stereocenters. The molecule has 3 aromatic rings. The van der Waals surface area contributed by atoms with E-state index in [1.165, 1.54) is 12.1 Å². The van der Waals surface area contributed by atoms with Crippen molar-refractivity contribution in [1.29, 1.82) is 0 Å². The van der Waals surface area contributed by atoms with Gasteiger partial charge in [0.05, 0.1) is 23.7 Å². The van der Waals surface area contributed by atoms with Crippen molar-refractivity contribution in [2.24, 2.45) is 0 Å². The SMILES string of the molecule is O=C(Nc1ccc(-c2ncc(S)c(N3CCOCC3)n2)cc1)Nc1cccc(C(F)(F)F)c1. The van der Waals surface area contributed by atoms with E-state index in [0.717, 1.165) is 23.5 Å².